The van der Waals surface area contributed by atoms with Crippen molar-refractivity contribution in [1.82, 2.24) is 4.90 Å². The third-order valence-corrected chi connectivity index (χ3v) is 3.49. The molecule has 1 aliphatic rings. The zero-order valence-corrected chi connectivity index (χ0v) is 10.3. The highest BCUT2D eigenvalue weighted by Crippen LogP contribution is 2.24. The number of nitrogens with two attached hydrogens (primary N) is 1. The van der Waals surface area contributed by atoms with Crippen molar-refractivity contribution in [3.8, 4) is 0 Å². The summed E-state index contributed by atoms with van der Waals surface area (Å²) in [6.45, 7) is 2.92. The van der Waals surface area contributed by atoms with Crippen LogP contribution in [0.1, 0.15) is 12.5 Å². The van der Waals surface area contributed by atoms with E-state index in [0.29, 0.717) is 5.96 Å². The highest BCUT2D eigenvalue weighted by atomic mass is 35.5. The van der Waals surface area contributed by atoms with Crippen molar-refractivity contribution in [2.45, 2.75) is 18.9 Å². The Morgan fingerprint density at radius 3 is 2.56 bits per heavy atom. The van der Waals surface area contributed by atoms with E-state index in [1.165, 1.54) is 5.56 Å². The van der Waals surface area contributed by atoms with E-state index >= 15 is 0 Å². The summed E-state index contributed by atoms with van der Waals surface area (Å²) in [5, 5.41) is 0.768. The monoisotopic (exact) mass is 237 g/mol. The van der Waals surface area contributed by atoms with Crippen LogP contribution in [0.2, 0.25) is 5.02 Å². The van der Waals surface area contributed by atoms with Gasteiger partial charge in [-0.25, -0.2) is 0 Å². The molecule has 4 heteroatoms. The lowest BCUT2D eigenvalue weighted by atomic mass is 9.92. The molecule has 0 bridgehead atoms. The van der Waals surface area contributed by atoms with Crippen molar-refractivity contribution < 1.29 is 0 Å². The number of hydrogen-bond acceptors (Lipinski definition) is 3. The number of halogens is 1. The standard InChI is InChI=1S/C12H16ClN3/c1-12(8-15-11(14)16(12)2)7-9-3-5-10(13)6-4-9/h3-6H,7-8H2,1-2H3,(H2,14,15). The highest BCUT2D eigenvalue weighted by molar-refractivity contribution is 6.30. The summed E-state index contributed by atoms with van der Waals surface area (Å²) in [6, 6.07) is 7.94. The number of benzene rings is 1. The van der Waals surface area contributed by atoms with E-state index in [2.05, 4.69) is 24.0 Å². The first kappa shape index (κ1) is 11.3. The van der Waals surface area contributed by atoms with E-state index in [-0.39, 0.29) is 5.54 Å². The van der Waals surface area contributed by atoms with E-state index in [0.717, 1.165) is 18.0 Å². The lowest BCUT2D eigenvalue weighted by molar-refractivity contribution is 0.260. The second-order valence-electron chi connectivity index (χ2n) is 4.53. The summed E-state index contributed by atoms with van der Waals surface area (Å²) < 4.78 is 0. The number of aliphatic imine (C=N–C) groups is 1. The Labute approximate surface area is 101 Å². The van der Waals surface area contributed by atoms with Crippen LogP contribution in [0, 0.1) is 0 Å². The van der Waals surface area contributed by atoms with Crippen LogP contribution in [0.25, 0.3) is 0 Å². The molecule has 1 aliphatic heterocycles. The van der Waals surface area contributed by atoms with Gasteiger partial charge in [0.15, 0.2) is 5.96 Å². The predicted molar refractivity (Wildman–Crippen MR) is 67.8 cm³/mol. The molecule has 2 rings (SSSR count). The molecule has 2 N–H and O–H groups in total. The number of rotatable bonds is 2. The number of nitrogens with zero attached hydrogens (tertiary/aromatic N) is 2. The highest BCUT2D eigenvalue weighted by Gasteiger charge is 2.35. The lowest BCUT2D eigenvalue weighted by Gasteiger charge is -2.33. The zero-order valence-electron chi connectivity index (χ0n) is 9.57. The molecule has 86 valence electrons. The van der Waals surface area contributed by atoms with E-state index in [9.17, 15) is 0 Å². The van der Waals surface area contributed by atoms with Gasteiger partial charge in [-0.15, -0.1) is 0 Å². The Morgan fingerprint density at radius 1 is 1.44 bits per heavy atom. The minimum atomic E-state index is -0.0160. The third kappa shape index (κ3) is 2.00. The first-order valence-electron chi connectivity index (χ1n) is 5.29. The fourth-order valence-electron chi connectivity index (χ4n) is 1.96. The summed E-state index contributed by atoms with van der Waals surface area (Å²) >= 11 is 5.86. The quantitative estimate of drug-likeness (QED) is 0.854. The summed E-state index contributed by atoms with van der Waals surface area (Å²) in [4.78, 5) is 6.32. The van der Waals surface area contributed by atoms with Crippen LogP contribution in [0.15, 0.2) is 29.3 Å². The van der Waals surface area contributed by atoms with E-state index < -0.39 is 0 Å². The second-order valence-corrected chi connectivity index (χ2v) is 4.97. The molecule has 1 atom stereocenters. The first-order valence-corrected chi connectivity index (χ1v) is 5.67. The molecule has 1 unspecified atom stereocenters. The van der Waals surface area contributed by atoms with Crippen molar-refractivity contribution in [2.75, 3.05) is 13.6 Å². The van der Waals surface area contributed by atoms with Gasteiger partial charge in [0.2, 0.25) is 0 Å². The largest absolute Gasteiger partial charge is 0.370 e. The molecule has 3 nitrogen and oxygen atoms in total. The Hall–Kier alpha value is -1.22. The predicted octanol–water partition coefficient (Wildman–Crippen LogP) is 1.90. The summed E-state index contributed by atoms with van der Waals surface area (Å²) in [5.41, 5.74) is 7.02. The van der Waals surface area contributed by atoms with Gasteiger partial charge in [-0.1, -0.05) is 23.7 Å². The summed E-state index contributed by atoms with van der Waals surface area (Å²) in [6.07, 6.45) is 0.921. The van der Waals surface area contributed by atoms with Crippen LogP contribution >= 0.6 is 11.6 Å². The van der Waals surface area contributed by atoms with E-state index in [4.69, 9.17) is 17.3 Å². The van der Waals surface area contributed by atoms with Gasteiger partial charge >= 0.3 is 0 Å². The molecule has 0 saturated heterocycles. The first-order chi connectivity index (χ1) is 7.51. The molecular weight excluding hydrogens is 222 g/mol. The molecule has 1 heterocycles. The lowest BCUT2D eigenvalue weighted by Crippen LogP contribution is -2.48. The van der Waals surface area contributed by atoms with Crippen LogP contribution in [-0.2, 0) is 6.42 Å². The van der Waals surface area contributed by atoms with Crippen molar-refractivity contribution in [2.24, 2.45) is 10.7 Å². The van der Waals surface area contributed by atoms with E-state index in [1.807, 2.05) is 24.1 Å². The Bertz CT molecular complexity index is 413. The van der Waals surface area contributed by atoms with Crippen molar-refractivity contribution in [1.29, 1.82) is 0 Å². The minimum Gasteiger partial charge on any atom is -0.370 e. The third-order valence-electron chi connectivity index (χ3n) is 3.23. The Balaban J connectivity index is 2.13. The number of likely N-dealkylation sites (N-methyl/N-ethyl adjacent to an activating group) is 1. The van der Waals surface area contributed by atoms with Gasteiger partial charge in [0.05, 0.1) is 12.1 Å². The molecule has 0 saturated carbocycles. The maximum atomic E-state index is 5.86. The molecule has 1 aromatic rings. The average Bonchev–Trinajstić information content (AvgIpc) is 2.51. The molecule has 0 spiro atoms. The van der Waals surface area contributed by atoms with Crippen LogP contribution in [0.3, 0.4) is 0 Å². The molecule has 0 aliphatic carbocycles. The smallest absolute Gasteiger partial charge is 0.191 e. The van der Waals surface area contributed by atoms with Crippen LogP contribution in [-0.4, -0.2) is 30.0 Å². The van der Waals surface area contributed by atoms with Crippen LogP contribution in [0.5, 0.6) is 0 Å². The molecule has 0 fully saturated rings. The number of guanidine groups is 1. The van der Waals surface area contributed by atoms with Crippen molar-refractivity contribution in [3.63, 3.8) is 0 Å². The van der Waals surface area contributed by atoms with Gasteiger partial charge in [-0.05, 0) is 31.0 Å². The van der Waals surface area contributed by atoms with Crippen LogP contribution in [0.4, 0.5) is 0 Å². The molecule has 0 radical (unpaired) electrons. The van der Waals surface area contributed by atoms with Gasteiger partial charge < -0.3 is 10.6 Å². The van der Waals surface area contributed by atoms with E-state index in [1.54, 1.807) is 0 Å². The van der Waals surface area contributed by atoms with Crippen molar-refractivity contribution in [3.05, 3.63) is 34.9 Å². The molecule has 0 aromatic heterocycles. The van der Waals surface area contributed by atoms with Gasteiger partial charge in [0, 0.05) is 12.1 Å². The van der Waals surface area contributed by atoms with Crippen LogP contribution < -0.4 is 5.73 Å². The van der Waals surface area contributed by atoms with Gasteiger partial charge in [-0.2, -0.15) is 0 Å². The minimum absolute atomic E-state index is 0.0160. The van der Waals surface area contributed by atoms with Gasteiger partial charge in [0.25, 0.3) is 0 Å². The van der Waals surface area contributed by atoms with Gasteiger partial charge in [-0.3, -0.25) is 4.99 Å². The maximum Gasteiger partial charge on any atom is 0.191 e. The fraction of sp³-hybridized carbons (Fsp3) is 0.417. The average molecular weight is 238 g/mol. The molecule has 16 heavy (non-hydrogen) atoms. The molecular formula is C12H16ClN3. The zero-order chi connectivity index (χ0) is 11.8. The number of hydrogen-bond donors (Lipinski definition) is 1. The Morgan fingerprint density at radius 2 is 2.06 bits per heavy atom. The topological polar surface area (TPSA) is 41.6 Å². The molecule has 0 amide bonds. The van der Waals surface area contributed by atoms with Gasteiger partial charge in [0.1, 0.15) is 0 Å². The Kier molecular flexibility index (Phi) is 2.80. The second kappa shape index (κ2) is 3.98. The van der Waals surface area contributed by atoms with Crippen molar-refractivity contribution >= 4 is 17.6 Å². The molecule has 1 aromatic carbocycles. The summed E-state index contributed by atoms with van der Waals surface area (Å²) in [7, 11) is 1.99. The fourth-order valence-corrected chi connectivity index (χ4v) is 2.08. The SMILES string of the molecule is CN1C(N)=NCC1(C)Cc1ccc(Cl)cc1. The normalized spacial score (nSPS) is 24.7. The summed E-state index contributed by atoms with van der Waals surface area (Å²) in [5.74, 6) is 0.622. The maximum absolute atomic E-state index is 5.86.